The number of hydrogen-bond donors (Lipinski definition) is 2. The molecule has 2 aromatic carbocycles. The van der Waals surface area contributed by atoms with Gasteiger partial charge >= 0.3 is 0 Å². The molecule has 24 heavy (non-hydrogen) atoms. The van der Waals surface area contributed by atoms with Gasteiger partial charge in [-0.05, 0) is 42.7 Å². The molecule has 0 aliphatic heterocycles. The fourth-order valence-corrected chi connectivity index (χ4v) is 2.36. The van der Waals surface area contributed by atoms with Crippen molar-refractivity contribution >= 4 is 11.8 Å². The van der Waals surface area contributed by atoms with Crippen LogP contribution in [0.15, 0.2) is 48.5 Å². The van der Waals surface area contributed by atoms with Crippen molar-refractivity contribution in [2.45, 2.75) is 13.3 Å². The number of benzene rings is 2. The number of rotatable bonds is 7. The first-order valence-electron chi connectivity index (χ1n) is 7.83. The first kappa shape index (κ1) is 17.5. The molecule has 5 heteroatoms. The maximum Gasteiger partial charge on any atom is 0.251 e. The van der Waals surface area contributed by atoms with Crippen LogP contribution < -0.4 is 15.4 Å². The van der Waals surface area contributed by atoms with E-state index in [4.69, 9.17) is 4.74 Å². The molecule has 126 valence electrons. The Morgan fingerprint density at radius 3 is 2.46 bits per heavy atom. The van der Waals surface area contributed by atoms with E-state index in [0.29, 0.717) is 12.1 Å². The SMILES string of the molecule is COc1ccc(CCNC(=O)CNC(=O)c2ccccc2)cc1C. The van der Waals surface area contributed by atoms with Crippen molar-refractivity contribution < 1.29 is 14.3 Å². The van der Waals surface area contributed by atoms with Gasteiger partial charge < -0.3 is 15.4 Å². The van der Waals surface area contributed by atoms with Crippen molar-refractivity contribution in [2.24, 2.45) is 0 Å². The molecule has 0 unspecified atom stereocenters. The van der Waals surface area contributed by atoms with E-state index >= 15 is 0 Å². The van der Waals surface area contributed by atoms with E-state index in [-0.39, 0.29) is 18.4 Å². The monoisotopic (exact) mass is 326 g/mol. The zero-order valence-corrected chi connectivity index (χ0v) is 14.0. The van der Waals surface area contributed by atoms with Gasteiger partial charge in [0.25, 0.3) is 5.91 Å². The van der Waals surface area contributed by atoms with Gasteiger partial charge in [0.1, 0.15) is 5.75 Å². The maximum absolute atomic E-state index is 11.8. The Balaban J connectivity index is 1.72. The average Bonchev–Trinajstić information content (AvgIpc) is 2.60. The summed E-state index contributed by atoms with van der Waals surface area (Å²) in [5.41, 5.74) is 2.73. The molecular formula is C19H22N2O3. The first-order chi connectivity index (χ1) is 11.6. The Labute approximate surface area is 142 Å². The summed E-state index contributed by atoms with van der Waals surface area (Å²) in [6.45, 7) is 2.47. The molecule has 0 aliphatic carbocycles. The second kappa shape index (κ2) is 8.72. The van der Waals surface area contributed by atoms with Crippen LogP contribution in [0.3, 0.4) is 0 Å². The molecule has 0 bridgehead atoms. The zero-order valence-electron chi connectivity index (χ0n) is 14.0. The molecular weight excluding hydrogens is 304 g/mol. The van der Waals surface area contributed by atoms with Crippen molar-refractivity contribution in [2.75, 3.05) is 20.2 Å². The molecule has 5 nitrogen and oxygen atoms in total. The average molecular weight is 326 g/mol. The van der Waals surface area contributed by atoms with E-state index in [0.717, 1.165) is 23.3 Å². The van der Waals surface area contributed by atoms with E-state index in [2.05, 4.69) is 10.6 Å². The molecule has 0 aliphatic rings. The summed E-state index contributed by atoms with van der Waals surface area (Å²) in [5, 5.41) is 5.41. The quantitative estimate of drug-likeness (QED) is 0.819. The van der Waals surface area contributed by atoms with Crippen LogP contribution in [-0.4, -0.2) is 32.0 Å². The number of hydrogen-bond acceptors (Lipinski definition) is 3. The third-order valence-corrected chi connectivity index (χ3v) is 3.64. The lowest BCUT2D eigenvalue weighted by molar-refractivity contribution is -0.120. The molecule has 2 rings (SSSR count). The second-order valence-corrected chi connectivity index (χ2v) is 5.45. The van der Waals surface area contributed by atoms with Gasteiger partial charge in [-0.2, -0.15) is 0 Å². The molecule has 0 heterocycles. The van der Waals surface area contributed by atoms with Crippen LogP contribution in [0.4, 0.5) is 0 Å². The molecule has 0 spiro atoms. The highest BCUT2D eigenvalue weighted by Gasteiger charge is 2.07. The minimum atomic E-state index is -0.253. The van der Waals surface area contributed by atoms with Crippen LogP contribution in [0.5, 0.6) is 5.75 Å². The minimum Gasteiger partial charge on any atom is -0.496 e. The minimum absolute atomic E-state index is 0.0324. The van der Waals surface area contributed by atoms with E-state index in [1.54, 1.807) is 31.4 Å². The molecule has 0 saturated carbocycles. The highest BCUT2D eigenvalue weighted by atomic mass is 16.5. The lowest BCUT2D eigenvalue weighted by Crippen LogP contribution is -2.37. The Hall–Kier alpha value is -2.82. The number of aryl methyl sites for hydroxylation is 1. The van der Waals surface area contributed by atoms with Crippen LogP contribution in [0.2, 0.25) is 0 Å². The van der Waals surface area contributed by atoms with Gasteiger partial charge in [0.2, 0.25) is 5.91 Å². The third kappa shape index (κ3) is 5.12. The summed E-state index contributed by atoms with van der Waals surface area (Å²) >= 11 is 0. The summed E-state index contributed by atoms with van der Waals surface area (Å²) in [7, 11) is 1.64. The van der Waals surface area contributed by atoms with E-state index < -0.39 is 0 Å². The normalized spacial score (nSPS) is 10.1. The predicted molar refractivity (Wildman–Crippen MR) is 93.2 cm³/mol. The van der Waals surface area contributed by atoms with Gasteiger partial charge in [0.05, 0.1) is 13.7 Å². The molecule has 0 fully saturated rings. The van der Waals surface area contributed by atoms with Gasteiger partial charge in [-0.1, -0.05) is 30.3 Å². The second-order valence-electron chi connectivity index (χ2n) is 5.45. The molecule has 0 atom stereocenters. The highest BCUT2D eigenvalue weighted by molar-refractivity contribution is 5.96. The number of amides is 2. The van der Waals surface area contributed by atoms with Gasteiger partial charge in [-0.25, -0.2) is 0 Å². The van der Waals surface area contributed by atoms with Crippen molar-refractivity contribution in [3.63, 3.8) is 0 Å². The highest BCUT2D eigenvalue weighted by Crippen LogP contribution is 2.18. The smallest absolute Gasteiger partial charge is 0.251 e. The Morgan fingerprint density at radius 1 is 1.04 bits per heavy atom. The topological polar surface area (TPSA) is 67.4 Å². The molecule has 2 aromatic rings. The molecule has 2 N–H and O–H groups in total. The van der Waals surface area contributed by atoms with Crippen molar-refractivity contribution in [3.8, 4) is 5.75 Å². The Morgan fingerprint density at radius 2 is 1.79 bits per heavy atom. The fraction of sp³-hybridized carbons (Fsp3) is 0.263. The van der Waals surface area contributed by atoms with Gasteiger partial charge in [0.15, 0.2) is 0 Å². The third-order valence-electron chi connectivity index (χ3n) is 3.64. The van der Waals surface area contributed by atoms with Gasteiger partial charge in [-0.15, -0.1) is 0 Å². The van der Waals surface area contributed by atoms with Gasteiger partial charge in [0, 0.05) is 12.1 Å². The lowest BCUT2D eigenvalue weighted by Gasteiger charge is -2.09. The van der Waals surface area contributed by atoms with Crippen LogP contribution in [0.25, 0.3) is 0 Å². The first-order valence-corrected chi connectivity index (χ1v) is 7.83. The van der Waals surface area contributed by atoms with Crippen LogP contribution in [-0.2, 0) is 11.2 Å². The number of nitrogens with one attached hydrogen (secondary N) is 2. The maximum atomic E-state index is 11.8. The van der Waals surface area contributed by atoms with Crippen LogP contribution >= 0.6 is 0 Å². The van der Waals surface area contributed by atoms with Crippen LogP contribution in [0, 0.1) is 6.92 Å². The fourth-order valence-electron chi connectivity index (χ4n) is 2.36. The molecule has 2 amide bonds. The summed E-state index contributed by atoms with van der Waals surface area (Å²) in [5.74, 6) is 0.396. The largest absolute Gasteiger partial charge is 0.496 e. The summed E-state index contributed by atoms with van der Waals surface area (Å²) in [6.07, 6.45) is 0.725. The van der Waals surface area contributed by atoms with E-state index in [1.165, 1.54) is 0 Å². The Kier molecular flexibility index (Phi) is 6.37. The Bertz CT molecular complexity index is 699. The van der Waals surface area contributed by atoms with Gasteiger partial charge in [-0.3, -0.25) is 9.59 Å². The number of carbonyl (C=O) groups excluding carboxylic acids is 2. The predicted octanol–water partition coefficient (Wildman–Crippen LogP) is 2.09. The zero-order chi connectivity index (χ0) is 17.4. The number of methoxy groups -OCH3 is 1. The van der Waals surface area contributed by atoms with Crippen molar-refractivity contribution in [1.82, 2.24) is 10.6 Å². The lowest BCUT2D eigenvalue weighted by atomic mass is 10.1. The molecule has 0 saturated heterocycles. The molecule has 0 aromatic heterocycles. The van der Waals surface area contributed by atoms with Crippen molar-refractivity contribution in [3.05, 3.63) is 65.2 Å². The van der Waals surface area contributed by atoms with Crippen molar-refractivity contribution in [1.29, 1.82) is 0 Å². The van der Waals surface area contributed by atoms with E-state index in [1.807, 2.05) is 31.2 Å². The summed E-state index contributed by atoms with van der Waals surface area (Å²) in [4.78, 5) is 23.6. The molecule has 0 radical (unpaired) electrons. The summed E-state index contributed by atoms with van der Waals surface area (Å²) < 4.78 is 5.22. The standard InChI is InChI=1S/C19H22N2O3/c1-14-12-15(8-9-17(14)24-2)10-11-20-18(22)13-21-19(23)16-6-4-3-5-7-16/h3-9,12H,10-11,13H2,1-2H3,(H,20,22)(H,21,23). The summed E-state index contributed by atoms with van der Waals surface area (Å²) in [6, 6.07) is 14.8. The van der Waals surface area contributed by atoms with E-state index in [9.17, 15) is 9.59 Å². The number of carbonyl (C=O) groups is 2. The number of ether oxygens (including phenoxy) is 1. The van der Waals surface area contributed by atoms with Crippen LogP contribution in [0.1, 0.15) is 21.5 Å².